The first-order chi connectivity index (χ1) is 17.2. The first-order valence-corrected chi connectivity index (χ1v) is 13.5. The van der Waals surface area contributed by atoms with E-state index in [0.717, 1.165) is 42.8 Å². The summed E-state index contributed by atoms with van der Waals surface area (Å²) in [6.07, 6.45) is 9.52. The molecule has 1 fully saturated rings. The van der Waals surface area contributed by atoms with Gasteiger partial charge in [-0.15, -0.1) is 0 Å². The summed E-state index contributed by atoms with van der Waals surface area (Å²) in [7, 11) is 1.63. The number of hydrogen-bond donors (Lipinski definition) is 1. The van der Waals surface area contributed by atoms with E-state index in [4.69, 9.17) is 9.84 Å². The number of carbonyl (C=O) groups excluding carboxylic acids is 2. The predicted molar refractivity (Wildman–Crippen MR) is 145 cm³/mol. The van der Waals surface area contributed by atoms with E-state index in [2.05, 4.69) is 33.0 Å². The topological polar surface area (TPSA) is 76.5 Å². The van der Waals surface area contributed by atoms with Crippen LogP contribution in [0.25, 0.3) is 5.69 Å². The van der Waals surface area contributed by atoms with Crippen molar-refractivity contribution in [3.05, 3.63) is 36.0 Å². The molecule has 1 heterocycles. The third-order valence-corrected chi connectivity index (χ3v) is 7.02. The lowest BCUT2D eigenvalue weighted by molar-refractivity contribution is -0.135. The van der Waals surface area contributed by atoms with Crippen LogP contribution in [0.1, 0.15) is 91.2 Å². The van der Waals surface area contributed by atoms with E-state index in [1.165, 1.54) is 25.7 Å². The molecule has 0 bridgehead atoms. The standard InChI is InChI=1S/C29H44N4O3/c1-6-7-10-19-32(28(35)18-13-22-11-8-9-12-22)21-27(34)30-26-20-25(29(2,3)4)31-33(26)23-14-16-24(36-5)17-15-23/h14-17,20,22H,6-13,18-19,21H2,1-5H3,(H,30,34). The molecule has 1 aromatic heterocycles. The van der Waals surface area contributed by atoms with Gasteiger partial charge in [0.2, 0.25) is 11.8 Å². The second-order valence-electron chi connectivity index (χ2n) is 11.0. The second-order valence-corrected chi connectivity index (χ2v) is 11.0. The van der Waals surface area contributed by atoms with E-state index in [9.17, 15) is 9.59 Å². The van der Waals surface area contributed by atoms with E-state index in [1.54, 1.807) is 16.7 Å². The minimum Gasteiger partial charge on any atom is -0.497 e. The molecular formula is C29H44N4O3. The van der Waals surface area contributed by atoms with Crippen LogP contribution >= 0.6 is 0 Å². The SMILES string of the molecule is CCCCCN(CC(=O)Nc1cc(C(C)(C)C)nn1-c1ccc(OC)cc1)C(=O)CCC1CCCC1. The van der Waals surface area contributed by atoms with Gasteiger partial charge in [0.05, 0.1) is 25.0 Å². The van der Waals surface area contributed by atoms with Crippen LogP contribution in [-0.4, -0.2) is 46.7 Å². The van der Waals surface area contributed by atoms with Gasteiger partial charge >= 0.3 is 0 Å². The lowest BCUT2D eigenvalue weighted by Crippen LogP contribution is -2.39. The van der Waals surface area contributed by atoms with Crippen LogP contribution in [0.4, 0.5) is 5.82 Å². The van der Waals surface area contributed by atoms with Crippen LogP contribution in [0.15, 0.2) is 30.3 Å². The van der Waals surface area contributed by atoms with Crippen molar-refractivity contribution >= 4 is 17.6 Å². The zero-order valence-corrected chi connectivity index (χ0v) is 22.8. The molecule has 0 radical (unpaired) electrons. The van der Waals surface area contributed by atoms with Crippen molar-refractivity contribution in [2.24, 2.45) is 5.92 Å². The van der Waals surface area contributed by atoms with Crippen LogP contribution in [0.3, 0.4) is 0 Å². The van der Waals surface area contributed by atoms with Crippen molar-refractivity contribution in [1.82, 2.24) is 14.7 Å². The Kier molecular flexibility index (Phi) is 9.97. The molecule has 3 rings (SSSR count). The summed E-state index contributed by atoms with van der Waals surface area (Å²) in [6.45, 7) is 9.11. The third-order valence-electron chi connectivity index (χ3n) is 7.02. The second kappa shape index (κ2) is 12.9. The molecule has 36 heavy (non-hydrogen) atoms. The molecule has 0 spiro atoms. The van der Waals surface area contributed by atoms with Crippen molar-refractivity contribution in [2.45, 2.75) is 90.9 Å². The van der Waals surface area contributed by atoms with E-state index in [-0.39, 0.29) is 23.8 Å². The summed E-state index contributed by atoms with van der Waals surface area (Å²) in [5.74, 6) is 1.91. The molecule has 0 aliphatic heterocycles. The Bertz CT molecular complexity index is 985. The molecule has 2 amide bonds. The lowest BCUT2D eigenvalue weighted by Gasteiger charge is -2.23. The normalized spacial score (nSPS) is 14.1. The summed E-state index contributed by atoms with van der Waals surface area (Å²) in [6, 6.07) is 9.50. The van der Waals surface area contributed by atoms with Gasteiger partial charge in [0.1, 0.15) is 11.6 Å². The number of anilines is 1. The van der Waals surface area contributed by atoms with Gasteiger partial charge < -0.3 is 15.0 Å². The molecule has 0 atom stereocenters. The fourth-order valence-corrected chi connectivity index (χ4v) is 4.74. The number of benzene rings is 1. The van der Waals surface area contributed by atoms with Gasteiger partial charge in [-0.2, -0.15) is 5.10 Å². The summed E-state index contributed by atoms with van der Waals surface area (Å²) >= 11 is 0. The number of nitrogens with one attached hydrogen (secondary N) is 1. The van der Waals surface area contributed by atoms with Crippen molar-refractivity contribution in [3.8, 4) is 11.4 Å². The summed E-state index contributed by atoms with van der Waals surface area (Å²) < 4.78 is 7.03. The number of carbonyl (C=O) groups is 2. The van der Waals surface area contributed by atoms with E-state index in [0.29, 0.717) is 24.7 Å². The molecule has 0 unspecified atom stereocenters. The molecule has 1 aliphatic rings. The molecule has 7 nitrogen and oxygen atoms in total. The molecule has 1 saturated carbocycles. The van der Waals surface area contributed by atoms with Crippen molar-refractivity contribution < 1.29 is 14.3 Å². The first-order valence-electron chi connectivity index (χ1n) is 13.5. The summed E-state index contributed by atoms with van der Waals surface area (Å²) in [5, 5.41) is 7.83. The number of hydrogen-bond acceptors (Lipinski definition) is 4. The molecule has 198 valence electrons. The molecule has 1 N–H and O–H groups in total. The number of rotatable bonds is 12. The van der Waals surface area contributed by atoms with Crippen LogP contribution in [0.2, 0.25) is 0 Å². The van der Waals surface area contributed by atoms with E-state index in [1.807, 2.05) is 30.3 Å². The molecular weight excluding hydrogens is 452 g/mol. The quantitative estimate of drug-likeness (QED) is 0.360. The fourth-order valence-electron chi connectivity index (χ4n) is 4.74. The maximum absolute atomic E-state index is 13.2. The van der Waals surface area contributed by atoms with E-state index >= 15 is 0 Å². The van der Waals surface area contributed by atoms with Gasteiger partial charge in [0.25, 0.3) is 0 Å². The number of aromatic nitrogens is 2. The summed E-state index contributed by atoms with van der Waals surface area (Å²) in [4.78, 5) is 28.0. The highest BCUT2D eigenvalue weighted by molar-refractivity contribution is 5.94. The number of methoxy groups -OCH3 is 1. The Labute approximate surface area is 216 Å². The van der Waals surface area contributed by atoms with Gasteiger partial charge in [-0.25, -0.2) is 4.68 Å². The summed E-state index contributed by atoms with van der Waals surface area (Å²) in [5.41, 5.74) is 1.52. The minimum absolute atomic E-state index is 0.0614. The third kappa shape index (κ3) is 7.84. The molecule has 1 aromatic carbocycles. The van der Waals surface area contributed by atoms with Gasteiger partial charge in [-0.3, -0.25) is 9.59 Å². The van der Waals surface area contributed by atoms with Gasteiger partial charge in [0, 0.05) is 24.4 Å². The zero-order chi connectivity index (χ0) is 26.1. The highest BCUT2D eigenvalue weighted by atomic mass is 16.5. The van der Waals surface area contributed by atoms with E-state index < -0.39 is 0 Å². The zero-order valence-electron chi connectivity index (χ0n) is 22.8. The maximum Gasteiger partial charge on any atom is 0.245 e. The van der Waals surface area contributed by atoms with Crippen molar-refractivity contribution in [1.29, 1.82) is 0 Å². The molecule has 0 saturated heterocycles. The Morgan fingerprint density at radius 1 is 1.14 bits per heavy atom. The van der Waals surface area contributed by atoms with Crippen molar-refractivity contribution in [3.63, 3.8) is 0 Å². The Balaban J connectivity index is 1.74. The highest BCUT2D eigenvalue weighted by Crippen LogP contribution is 2.29. The molecule has 1 aliphatic carbocycles. The molecule has 2 aromatic rings. The van der Waals surface area contributed by atoms with Crippen LogP contribution < -0.4 is 10.1 Å². The number of ether oxygens (including phenoxy) is 1. The smallest absolute Gasteiger partial charge is 0.245 e. The van der Waals surface area contributed by atoms with Crippen molar-refractivity contribution in [2.75, 3.05) is 25.5 Å². The average molecular weight is 497 g/mol. The first kappa shape index (κ1) is 27.8. The van der Waals surface area contributed by atoms with Gasteiger partial charge in [0.15, 0.2) is 0 Å². The maximum atomic E-state index is 13.2. The largest absolute Gasteiger partial charge is 0.497 e. The Morgan fingerprint density at radius 3 is 2.44 bits per heavy atom. The molecule has 7 heteroatoms. The average Bonchev–Trinajstić information content (AvgIpc) is 3.52. The highest BCUT2D eigenvalue weighted by Gasteiger charge is 2.24. The van der Waals surface area contributed by atoms with Crippen LogP contribution in [0.5, 0.6) is 5.75 Å². The number of nitrogens with zero attached hydrogens (tertiary/aromatic N) is 3. The number of amides is 2. The Morgan fingerprint density at radius 2 is 1.83 bits per heavy atom. The Hall–Kier alpha value is -2.83. The van der Waals surface area contributed by atoms with Gasteiger partial charge in [-0.1, -0.05) is 66.2 Å². The lowest BCUT2D eigenvalue weighted by atomic mass is 9.92. The fraction of sp³-hybridized carbons (Fsp3) is 0.621. The minimum atomic E-state index is -0.198. The van der Waals surface area contributed by atoms with Gasteiger partial charge in [-0.05, 0) is 43.0 Å². The predicted octanol–water partition coefficient (Wildman–Crippen LogP) is 6.11. The van der Waals surface area contributed by atoms with Crippen LogP contribution in [0, 0.1) is 5.92 Å². The van der Waals surface area contributed by atoms with Crippen LogP contribution in [-0.2, 0) is 15.0 Å². The monoisotopic (exact) mass is 496 g/mol. The number of unbranched alkanes of at least 4 members (excludes halogenated alkanes) is 2.